The van der Waals surface area contributed by atoms with E-state index in [1.807, 2.05) is 13.0 Å². The number of aromatic nitrogens is 4. The van der Waals surface area contributed by atoms with Crippen LogP contribution >= 0.6 is 0 Å². The van der Waals surface area contributed by atoms with Gasteiger partial charge in [-0.2, -0.15) is 5.10 Å². The predicted molar refractivity (Wildman–Crippen MR) is 91.0 cm³/mol. The van der Waals surface area contributed by atoms with Gasteiger partial charge in [0.05, 0.1) is 5.69 Å². The Bertz CT molecular complexity index is 677. The van der Waals surface area contributed by atoms with Crippen molar-refractivity contribution < 1.29 is 4.79 Å². The molecule has 24 heavy (non-hydrogen) atoms. The molecule has 8 nitrogen and oxygen atoms in total. The molecule has 0 atom stereocenters. The summed E-state index contributed by atoms with van der Waals surface area (Å²) >= 11 is 0. The smallest absolute Gasteiger partial charge is 0.269 e. The lowest BCUT2D eigenvalue weighted by molar-refractivity contribution is 0.0938. The van der Waals surface area contributed by atoms with Crippen LogP contribution in [-0.2, 0) is 7.05 Å². The predicted octanol–water partition coefficient (Wildman–Crippen LogP) is 0.0705. The summed E-state index contributed by atoms with van der Waals surface area (Å²) in [6, 6.07) is 3.63. The molecule has 0 radical (unpaired) electrons. The van der Waals surface area contributed by atoms with Crippen molar-refractivity contribution in [3.63, 3.8) is 0 Å². The standard InChI is InChI=1S/C16H23N7O/c1-13-12-14(21(2)20-13)15(24)17-6-7-22-8-10-23(11-9-22)16-18-4-3-5-19-16/h3-5,12H,6-11H2,1-2H3,(H,17,24). The molecule has 0 aromatic carbocycles. The third-order valence-corrected chi connectivity index (χ3v) is 4.16. The van der Waals surface area contributed by atoms with Gasteiger partial charge in [0.25, 0.3) is 5.91 Å². The van der Waals surface area contributed by atoms with Gasteiger partial charge in [-0.3, -0.25) is 14.4 Å². The minimum Gasteiger partial charge on any atom is -0.349 e. The molecule has 1 saturated heterocycles. The highest BCUT2D eigenvalue weighted by atomic mass is 16.2. The number of amides is 1. The average molecular weight is 329 g/mol. The van der Waals surface area contributed by atoms with Crippen LogP contribution in [0.1, 0.15) is 16.2 Å². The molecule has 1 aliphatic heterocycles. The van der Waals surface area contributed by atoms with Crippen LogP contribution in [0.2, 0.25) is 0 Å². The number of aryl methyl sites for hydroxylation is 2. The molecule has 1 N–H and O–H groups in total. The van der Waals surface area contributed by atoms with Crippen molar-refractivity contribution in [3.8, 4) is 0 Å². The number of hydrogen-bond donors (Lipinski definition) is 1. The van der Waals surface area contributed by atoms with Gasteiger partial charge in [0.2, 0.25) is 5.95 Å². The Labute approximate surface area is 141 Å². The second-order valence-electron chi connectivity index (χ2n) is 5.93. The number of nitrogens with one attached hydrogen (secondary N) is 1. The molecule has 0 aliphatic carbocycles. The number of carbonyl (C=O) groups excluding carboxylic acids is 1. The van der Waals surface area contributed by atoms with Crippen molar-refractivity contribution >= 4 is 11.9 Å². The lowest BCUT2D eigenvalue weighted by atomic mass is 10.3. The van der Waals surface area contributed by atoms with Crippen LogP contribution in [0, 0.1) is 6.92 Å². The van der Waals surface area contributed by atoms with E-state index in [9.17, 15) is 4.79 Å². The zero-order chi connectivity index (χ0) is 16.9. The van der Waals surface area contributed by atoms with Crippen LogP contribution in [0.25, 0.3) is 0 Å². The summed E-state index contributed by atoms with van der Waals surface area (Å²) in [7, 11) is 1.78. The number of rotatable bonds is 5. The monoisotopic (exact) mass is 329 g/mol. The molecule has 128 valence electrons. The van der Waals surface area contributed by atoms with Crippen LogP contribution < -0.4 is 10.2 Å². The molecule has 8 heteroatoms. The third-order valence-electron chi connectivity index (χ3n) is 4.16. The Morgan fingerprint density at radius 3 is 2.54 bits per heavy atom. The molecule has 0 bridgehead atoms. The van der Waals surface area contributed by atoms with E-state index in [-0.39, 0.29) is 5.91 Å². The second kappa shape index (κ2) is 7.39. The van der Waals surface area contributed by atoms with E-state index in [1.54, 1.807) is 30.2 Å². The maximum Gasteiger partial charge on any atom is 0.269 e. The number of carbonyl (C=O) groups is 1. The van der Waals surface area contributed by atoms with E-state index in [0.29, 0.717) is 12.2 Å². The van der Waals surface area contributed by atoms with Gasteiger partial charge < -0.3 is 10.2 Å². The molecule has 3 rings (SSSR count). The maximum absolute atomic E-state index is 12.1. The van der Waals surface area contributed by atoms with Crippen molar-refractivity contribution in [1.82, 2.24) is 30.0 Å². The summed E-state index contributed by atoms with van der Waals surface area (Å²) in [5.74, 6) is 0.714. The molecule has 1 aliphatic rings. The highest BCUT2D eigenvalue weighted by Gasteiger charge is 2.18. The maximum atomic E-state index is 12.1. The van der Waals surface area contributed by atoms with Crippen LogP contribution in [-0.4, -0.2) is 69.8 Å². The van der Waals surface area contributed by atoms with Gasteiger partial charge in [-0.15, -0.1) is 0 Å². The van der Waals surface area contributed by atoms with Crippen molar-refractivity contribution in [1.29, 1.82) is 0 Å². The summed E-state index contributed by atoms with van der Waals surface area (Å²) in [6.07, 6.45) is 3.54. The first-order chi connectivity index (χ1) is 11.6. The van der Waals surface area contributed by atoms with Crippen LogP contribution in [0.3, 0.4) is 0 Å². The molecule has 2 aromatic heterocycles. The van der Waals surface area contributed by atoms with E-state index in [2.05, 4.69) is 30.2 Å². The highest BCUT2D eigenvalue weighted by molar-refractivity contribution is 5.92. The minimum absolute atomic E-state index is 0.0746. The Hall–Kier alpha value is -2.48. The van der Waals surface area contributed by atoms with Crippen molar-refractivity contribution in [3.05, 3.63) is 35.9 Å². The molecule has 0 saturated carbocycles. The molecule has 3 heterocycles. The van der Waals surface area contributed by atoms with E-state index >= 15 is 0 Å². The van der Waals surface area contributed by atoms with Gasteiger partial charge in [-0.1, -0.05) is 0 Å². The SMILES string of the molecule is Cc1cc(C(=O)NCCN2CCN(c3ncccn3)CC2)n(C)n1. The first-order valence-electron chi connectivity index (χ1n) is 8.16. The summed E-state index contributed by atoms with van der Waals surface area (Å²) in [5, 5.41) is 7.16. The lowest BCUT2D eigenvalue weighted by Crippen LogP contribution is -2.49. The zero-order valence-electron chi connectivity index (χ0n) is 14.1. The Morgan fingerprint density at radius 2 is 1.92 bits per heavy atom. The van der Waals surface area contributed by atoms with Gasteiger partial charge in [0, 0.05) is 58.7 Å². The second-order valence-corrected chi connectivity index (χ2v) is 5.93. The molecule has 1 fully saturated rings. The van der Waals surface area contributed by atoms with E-state index < -0.39 is 0 Å². The molecular weight excluding hydrogens is 306 g/mol. The quantitative estimate of drug-likeness (QED) is 0.836. The van der Waals surface area contributed by atoms with Gasteiger partial charge in [0.1, 0.15) is 5.69 Å². The van der Waals surface area contributed by atoms with Crippen LogP contribution in [0.4, 0.5) is 5.95 Å². The van der Waals surface area contributed by atoms with Crippen LogP contribution in [0.5, 0.6) is 0 Å². The summed E-state index contributed by atoms with van der Waals surface area (Å²) in [4.78, 5) is 25.2. The van der Waals surface area contributed by atoms with Crippen LogP contribution in [0.15, 0.2) is 24.5 Å². The molecular formula is C16H23N7O. The summed E-state index contributed by atoms with van der Waals surface area (Å²) in [5.41, 5.74) is 1.44. The van der Waals surface area contributed by atoms with Gasteiger partial charge in [-0.25, -0.2) is 9.97 Å². The lowest BCUT2D eigenvalue weighted by Gasteiger charge is -2.34. The molecule has 0 unspecified atom stereocenters. The third kappa shape index (κ3) is 3.88. The number of hydrogen-bond acceptors (Lipinski definition) is 6. The van der Waals surface area contributed by atoms with Gasteiger partial charge in [0.15, 0.2) is 0 Å². The molecule has 1 amide bonds. The number of anilines is 1. The number of piperazine rings is 1. The first kappa shape index (κ1) is 16.4. The first-order valence-corrected chi connectivity index (χ1v) is 8.16. The van der Waals surface area contributed by atoms with E-state index in [0.717, 1.165) is 44.4 Å². The minimum atomic E-state index is -0.0746. The van der Waals surface area contributed by atoms with Crippen molar-refractivity contribution in [2.75, 3.05) is 44.2 Å². The van der Waals surface area contributed by atoms with Crippen molar-refractivity contribution in [2.45, 2.75) is 6.92 Å². The fraction of sp³-hybridized carbons (Fsp3) is 0.500. The Balaban J connectivity index is 1.41. The van der Waals surface area contributed by atoms with Gasteiger partial charge in [-0.05, 0) is 19.1 Å². The average Bonchev–Trinajstić information content (AvgIpc) is 2.95. The normalized spacial score (nSPS) is 15.5. The highest BCUT2D eigenvalue weighted by Crippen LogP contribution is 2.09. The van der Waals surface area contributed by atoms with E-state index in [4.69, 9.17) is 0 Å². The topological polar surface area (TPSA) is 79.2 Å². The number of nitrogens with zero attached hydrogens (tertiary/aromatic N) is 6. The van der Waals surface area contributed by atoms with Crippen molar-refractivity contribution in [2.24, 2.45) is 7.05 Å². The summed E-state index contributed by atoms with van der Waals surface area (Å²) in [6.45, 7) is 7.04. The summed E-state index contributed by atoms with van der Waals surface area (Å²) < 4.78 is 1.61. The van der Waals surface area contributed by atoms with E-state index in [1.165, 1.54) is 0 Å². The fourth-order valence-corrected chi connectivity index (χ4v) is 2.87. The Kier molecular flexibility index (Phi) is 5.05. The fourth-order valence-electron chi connectivity index (χ4n) is 2.87. The Morgan fingerprint density at radius 1 is 1.21 bits per heavy atom. The van der Waals surface area contributed by atoms with Gasteiger partial charge >= 0.3 is 0 Å². The molecule has 0 spiro atoms. The zero-order valence-corrected chi connectivity index (χ0v) is 14.1. The molecule has 2 aromatic rings. The largest absolute Gasteiger partial charge is 0.349 e.